The summed E-state index contributed by atoms with van der Waals surface area (Å²) >= 11 is 1.34. The van der Waals surface area contributed by atoms with Crippen molar-refractivity contribution in [3.8, 4) is 0 Å². The largest absolute Gasteiger partial charge is 0.445 e. The number of hydrogen-bond acceptors (Lipinski definition) is 9. The predicted octanol–water partition coefficient (Wildman–Crippen LogP) is 4.11. The van der Waals surface area contributed by atoms with Crippen LogP contribution in [0, 0.1) is 5.92 Å². The van der Waals surface area contributed by atoms with Gasteiger partial charge in [0.25, 0.3) is 11.1 Å². The van der Waals surface area contributed by atoms with E-state index in [0.29, 0.717) is 6.42 Å². The summed E-state index contributed by atoms with van der Waals surface area (Å²) in [6.45, 7) is 8.08. The number of amides is 2. The van der Waals surface area contributed by atoms with Crippen LogP contribution in [-0.2, 0) is 20.9 Å². The SMILES string of the molecule is COCC[C@H](NC(=O)[C@H](CC(C)C)NC(=O)OCc1ccccc1)C(=O)c1nnc(SC(C)C)o1.[HH].[HH]. The van der Waals surface area contributed by atoms with Crippen LogP contribution >= 0.6 is 11.8 Å². The molecule has 0 saturated heterocycles. The van der Waals surface area contributed by atoms with Gasteiger partial charge in [-0.3, -0.25) is 9.59 Å². The summed E-state index contributed by atoms with van der Waals surface area (Å²) in [6.07, 6.45) is -0.169. The lowest BCUT2D eigenvalue weighted by Crippen LogP contribution is -2.52. The Labute approximate surface area is 212 Å². The minimum Gasteiger partial charge on any atom is -0.445 e. The Morgan fingerprint density at radius 1 is 1.06 bits per heavy atom. The van der Waals surface area contributed by atoms with Crippen LogP contribution in [0.2, 0.25) is 0 Å². The van der Waals surface area contributed by atoms with Gasteiger partial charge in [0, 0.05) is 21.8 Å². The van der Waals surface area contributed by atoms with Crippen LogP contribution in [-0.4, -0.2) is 59.0 Å². The molecule has 10 nitrogen and oxygen atoms in total. The first-order valence-electron chi connectivity index (χ1n) is 11.5. The number of benzene rings is 1. The highest BCUT2D eigenvalue weighted by Gasteiger charge is 2.31. The summed E-state index contributed by atoms with van der Waals surface area (Å²) in [5, 5.41) is 13.5. The van der Waals surface area contributed by atoms with Crippen LogP contribution in [0.3, 0.4) is 0 Å². The van der Waals surface area contributed by atoms with E-state index in [0.717, 1.165) is 5.56 Å². The van der Waals surface area contributed by atoms with Gasteiger partial charge in [0.15, 0.2) is 0 Å². The monoisotopic (exact) mass is 510 g/mol. The molecule has 2 atom stereocenters. The fourth-order valence-corrected chi connectivity index (χ4v) is 3.71. The Morgan fingerprint density at radius 2 is 1.77 bits per heavy atom. The Balaban J connectivity index is 0.00000648. The number of ether oxygens (including phenoxy) is 2. The molecule has 0 aliphatic heterocycles. The van der Waals surface area contributed by atoms with Gasteiger partial charge in [-0.2, -0.15) is 0 Å². The molecule has 1 aromatic heterocycles. The fraction of sp³-hybridized carbons (Fsp3) is 0.542. The predicted molar refractivity (Wildman–Crippen MR) is 135 cm³/mol. The molecule has 2 N–H and O–H groups in total. The number of methoxy groups -OCH3 is 1. The third kappa shape index (κ3) is 10.1. The normalized spacial score (nSPS) is 12.9. The number of hydrogen-bond donors (Lipinski definition) is 2. The Morgan fingerprint density at radius 3 is 2.40 bits per heavy atom. The van der Waals surface area contributed by atoms with E-state index in [1.54, 1.807) is 0 Å². The van der Waals surface area contributed by atoms with E-state index >= 15 is 0 Å². The van der Waals surface area contributed by atoms with Gasteiger partial charge in [-0.1, -0.05) is 69.8 Å². The number of Topliss-reactive ketones (excluding diaryl/α,β-unsaturated/α-hetero) is 1. The van der Waals surface area contributed by atoms with Crippen molar-refractivity contribution in [2.75, 3.05) is 13.7 Å². The van der Waals surface area contributed by atoms with Gasteiger partial charge in [0.05, 0.1) is 6.04 Å². The van der Waals surface area contributed by atoms with Gasteiger partial charge >= 0.3 is 6.09 Å². The lowest BCUT2D eigenvalue weighted by molar-refractivity contribution is -0.124. The number of aromatic nitrogens is 2. The third-order valence-corrected chi connectivity index (χ3v) is 5.56. The van der Waals surface area contributed by atoms with Crippen molar-refractivity contribution >= 4 is 29.5 Å². The summed E-state index contributed by atoms with van der Waals surface area (Å²) in [7, 11) is 1.50. The van der Waals surface area contributed by atoms with Crippen molar-refractivity contribution in [1.82, 2.24) is 20.8 Å². The summed E-state index contributed by atoms with van der Waals surface area (Å²) in [5.41, 5.74) is 0.826. The standard InChI is InChI=1S/C24H34N4O6S.2H2/c1-15(2)13-19(26-23(31)33-14-17-9-7-6-8-10-17)21(30)25-18(11-12-32-5)20(29)22-27-28-24(34-22)35-16(3)4;;/h6-10,15-16,18-19H,11-14H2,1-5H3,(H,25,30)(H,26,31);2*1H/t18-,19-;;/m0../s1. The Bertz CT molecular complexity index is 962. The highest BCUT2D eigenvalue weighted by molar-refractivity contribution is 7.99. The third-order valence-electron chi connectivity index (χ3n) is 4.73. The smallest absolute Gasteiger partial charge is 0.408 e. The van der Waals surface area contributed by atoms with Gasteiger partial charge in [0.2, 0.25) is 11.7 Å². The molecule has 2 amide bonds. The number of thioether (sulfide) groups is 1. The molecular formula is C24H38N4O6S. The first-order chi connectivity index (χ1) is 16.7. The maximum Gasteiger partial charge on any atom is 0.408 e. The molecule has 0 unspecified atom stereocenters. The number of carbonyl (C=O) groups is 3. The minimum absolute atomic E-state index is 0. The van der Waals surface area contributed by atoms with E-state index in [9.17, 15) is 14.4 Å². The molecule has 0 bridgehead atoms. The lowest BCUT2D eigenvalue weighted by Gasteiger charge is -2.23. The van der Waals surface area contributed by atoms with Crippen LogP contribution in [0.15, 0.2) is 40.0 Å². The van der Waals surface area contributed by atoms with Gasteiger partial charge in [-0.05, 0) is 24.3 Å². The highest BCUT2D eigenvalue weighted by atomic mass is 32.2. The van der Waals surface area contributed by atoms with Crippen molar-refractivity contribution in [3.63, 3.8) is 0 Å². The zero-order valence-electron chi connectivity index (χ0n) is 20.8. The maximum atomic E-state index is 13.1. The molecule has 0 aliphatic rings. The van der Waals surface area contributed by atoms with Crippen molar-refractivity contribution < 1.29 is 31.1 Å². The van der Waals surface area contributed by atoms with E-state index < -0.39 is 29.9 Å². The molecule has 0 fully saturated rings. The second-order valence-corrected chi connectivity index (χ2v) is 10.2. The topological polar surface area (TPSA) is 133 Å². The summed E-state index contributed by atoms with van der Waals surface area (Å²) in [5.74, 6) is -1.13. The first kappa shape index (κ1) is 28.3. The van der Waals surface area contributed by atoms with Gasteiger partial charge in [-0.15, -0.1) is 10.2 Å². The number of carbonyl (C=O) groups excluding carboxylic acids is 3. The van der Waals surface area contributed by atoms with E-state index in [-0.39, 0.29) is 44.8 Å². The van der Waals surface area contributed by atoms with E-state index in [1.807, 2.05) is 58.0 Å². The number of rotatable bonds is 14. The van der Waals surface area contributed by atoms with Gasteiger partial charge in [0.1, 0.15) is 12.6 Å². The zero-order chi connectivity index (χ0) is 25.8. The zero-order valence-corrected chi connectivity index (χ0v) is 21.6. The minimum atomic E-state index is -0.961. The molecular weight excluding hydrogens is 472 g/mol. The summed E-state index contributed by atoms with van der Waals surface area (Å²) < 4.78 is 15.8. The quantitative estimate of drug-likeness (QED) is 0.284. The summed E-state index contributed by atoms with van der Waals surface area (Å²) in [4.78, 5) is 38.5. The molecule has 2 aromatic rings. The average Bonchev–Trinajstić information content (AvgIpc) is 3.27. The molecule has 11 heteroatoms. The number of nitrogens with one attached hydrogen (secondary N) is 2. The van der Waals surface area contributed by atoms with Crippen LogP contribution in [0.25, 0.3) is 0 Å². The van der Waals surface area contributed by atoms with Crippen LogP contribution < -0.4 is 10.6 Å². The molecule has 1 heterocycles. The van der Waals surface area contributed by atoms with E-state index in [1.165, 1.54) is 18.9 Å². The molecule has 0 aliphatic carbocycles. The highest BCUT2D eigenvalue weighted by Crippen LogP contribution is 2.21. The van der Waals surface area contributed by atoms with Gasteiger partial charge < -0.3 is 24.5 Å². The molecule has 35 heavy (non-hydrogen) atoms. The second-order valence-electron chi connectivity index (χ2n) is 8.63. The van der Waals surface area contributed by atoms with Crippen molar-refractivity contribution in [2.24, 2.45) is 5.92 Å². The van der Waals surface area contributed by atoms with Crippen LogP contribution in [0.1, 0.15) is 59.6 Å². The molecule has 1 aromatic carbocycles. The Hall–Kier alpha value is -2.92. The van der Waals surface area contributed by atoms with Gasteiger partial charge in [-0.25, -0.2) is 4.79 Å². The number of ketones is 1. The molecule has 0 spiro atoms. The van der Waals surface area contributed by atoms with Crippen LogP contribution in [0.5, 0.6) is 0 Å². The van der Waals surface area contributed by atoms with Crippen LogP contribution in [0.4, 0.5) is 4.79 Å². The number of nitrogens with zero attached hydrogens (tertiary/aromatic N) is 2. The first-order valence-corrected chi connectivity index (χ1v) is 12.4. The molecule has 0 saturated carbocycles. The molecule has 2 rings (SSSR count). The molecule has 0 radical (unpaired) electrons. The second kappa shape index (κ2) is 14.5. The van der Waals surface area contributed by atoms with E-state index in [2.05, 4.69) is 20.8 Å². The maximum absolute atomic E-state index is 13.1. The van der Waals surface area contributed by atoms with Crippen molar-refractivity contribution in [1.29, 1.82) is 0 Å². The fourth-order valence-electron chi connectivity index (χ4n) is 3.09. The Kier molecular flexibility index (Phi) is 11.7. The van der Waals surface area contributed by atoms with Crippen molar-refractivity contribution in [3.05, 3.63) is 41.8 Å². The summed E-state index contributed by atoms with van der Waals surface area (Å²) in [6, 6.07) is 7.36. The average molecular weight is 511 g/mol. The molecule has 196 valence electrons. The van der Waals surface area contributed by atoms with E-state index in [4.69, 9.17) is 13.9 Å². The number of alkyl carbamates (subject to hydrolysis) is 1. The van der Waals surface area contributed by atoms with Crippen molar-refractivity contribution in [2.45, 2.75) is 69.7 Å². The lowest BCUT2D eigenvalue weighted by atomic mass is 10.0.